The molecule has 0 radical (unpaired) electrons. The van der Waals surface area contributed by atoms with E-state index >= 15 is 0 Å². The first-order valence-electron chi connectivity index (χ1n) is 5.23. The Morgan fingerprint density at radius 2 is 1.65 bits per heavy atom. The van der Waals surface area contributed by atoms with Gasteiger partial charge in [0.05, 0.1) is 5.39 Å². The zero-order chi connectivity index (χ0) is 15.3. The van der Waals surface area contributed by atoms with Crippen molar-refractivity contribution in [1.29, 1.82) is 0 Å². The molecule has 2 aromatic carbocycles. The van der Waals surface area contributed by atoms with Crippen LogP contribution in [-0.4, -0.2) is 26.8 Å². The topological polar surface area (TPSA) is 153 Å². The molecule has 0 heterocycles. The smallest absolute Gasteiger partial charge is 0.231 e. The van der Waals surface area contributed by atoms with E-state index in [1.807, 2.05) is 0 Å². The van der Waals surface area contributed by atoms with Gasteiger partial charge in [0.1, 0.15) is 0 Å². The number of benzene rings is 1. The van der Waals surface area contributed by atoms with Crippen molar-refractivity contribution in [3.05, 3.63) is 34.5 Å². The molecular formula is C12H12N2O6. The molecule has 0 aromatic heterocycles. The Kier molecular flexibility index (Phi) is 4.71. The van der Waals surface area contributed by atoms with Gasteiger partial charge >= 0.3 is 0 Å². The number of carbonyl (C=O) groups is 1. The van der Waals surface area contributed by atoms with Crippen LogP contribution in [0.5, 0.6) is 23.0 Å². The standard InChI is InChI=1S/C11H8O5.CH4N2O/c12-6-3-1-2-5-4-7(13)10(15)11(16)8(5)9(6)14;2-3-1-4/h1-4,13,15-16H,(H,12,14);1H,2H2,(H,3,4). The van der Waals surface area contributed by atoms with Crippen molar-refractivity contribution in [1.82, 2.24) is 5.43 Å². The Morgan fingerprint density at radius 3 is 2.20 bits per heavy atom. The molecule has 2 aromatic rings. The molecule has 0 aliphatic rings. The van der Waals surface area contributed by atoms with Crippen molar-refractivity contribution < 1.29 is 25.2 Å². The molecule has 0 unspecified atom stereocenters. The molecule has 20 heavy (non-hydrogen) atoms. The molecule has 0 spiro atoms. The summed E-state index contributed by atoms with van der Waals surface area (Å²) in [6.45, 7) is 0. The van der Waals surface area contributed by atoms with Crippen LogP contribution >= 0.6 is 0 Å². The molecule has 0 atom stereocenters. The van der Waals surface area contributed by atoms with Crippen LogP contribution in [0.2, 0.25) is 0 Å². The summed E-state index contributed by atoms with van der Waals surface area (Å²) >= 11 is 0. The molecule has 0 saturated heterocycles. The van der Waals surface area contributed by atoms with Gasteiger partial charge in [-0.05, 0) is 17.5 Å². The maximum atomic E-state index is 11.6. The van der Waals surface area contributed by atoms with Crippen LogP contribution in [0.3, 0.4) is 0 Å². The molecule has 0 saturated carbocycles. The highest BCUT2D eigenvalue weighted by atomic mass is 16.3. The van der Waals surface area contributed by atoms with Crippen LogP contribution in [0.4, 0.5) is 0 Å². The van der Waals surface area contributed by atoms with Crippen molar-refractivity contribution in [3.8, 4) is 23.0 Å². The molecule has 0 aliphatic carbocycles. The molecule has 106 valence electrons. The van der Waals surface area contributed by atoms with Crippen LogP contribution in [-0.2, 0) is 4.79 Å². The summed E-state index contributed by atoms with van der Waals surface area (Å²) in [5.41, 5.74) is 0.938. The lowest BCUT2D eigenvalue weighted by Gasteiger charge is -2.02. The molecule has 1 amide bonds. The largest absolute Gasteiger partial charge is 0.504 e. The van der Waals surface area contributed by atoms with E-state index in [0.717, 1.165) is 12.1 Å². The number of hydrazine groups is 1. The second-order valence-electron chi connectivity index (χ2n) is 3.58. The fraction of sp³-hybridized carbons (Fsp3) is 0. The van der Waals surface area contributed by atoms with Crippen molar-refractivity contribution in [2.75, 3.05) is 0 Å². The van der Waals surface area contributed by atoms with Crippen molar-refractivity contribution >= 4 is 17.2 Å². The summed E-state index contributed by atoms with van der Waals surface area (Å²) in [5.74, 6) is 1.81. The van der Waals surface area contributed by atoms with Gasteiger partial charge in [-0.25, -0.2) is 5.84 Å². The number of aromatic hydroxyl groups is 4. The molecule has 8 heteroatoms. The number of carbonyl (C=O) groups excluding carboxylic acids is 1. The SMILES string of the molecule is NNC=O.O=c1c(O)cccc2cc(O)c(O)c(O)c12. The highest BCUT2D eigenvalue weighted by molar-refractivity contribution is 5.92. The fourth-order valence-electron chi connectivity index (χ4n) is 1.48. The molecular weight excluding hydrogens is 268 g/mol. The quantitative estimate of drug-likeness (QED) is 0.137. The maximum absolute atomic E-state index is 11.6. The molecule has 8 nitrogen and oxygen atoms in total. The Labute approximate surface area is 112 Å². The van der Waals surface area contributed by atoms with Crippen molar-refractivity contribution in [2.45, 2.75) is 0 Å². The van der Waals surface area contributed by atoms with Crippen LogP contribution < -0.4 is 16.7 Å². The Bertz CT molecular complexity index is 702. The number of phenolic OH excluding ortho intramolecular Hbond substituents is 3. The van der Waals surface area contributed by atoms with E-state index in [2.05, 4.69) is 5.84 Å². The number of amides is 1. The van der Waals surface area contributed by atoms with Crippen molar-refractivity contribution in [2.24, 2.45) is 5.84 Å². The third-order valence-corrected chi connectivity index (χ3v) is 2.34. The van der Waals surface area contributed by atoms with Crippen LogP contribution in [0.1, 0.15) is 0 Å². The van der Waals surface area contributed by atoms with Gasteiger partial charge in [0.15, 0.2) is 17.2 Å². The lowest BCUT2D eigenvalue weighted by Crippen LogP contribution is -2.18. The number of hydrogen-bond donors (Lipinski definition) is 6. The van der Waals surface area contributed by atoms with Crippen LogP contribution in [0, 0.1) is 0 Å². The van der Waals surface area contributed by atoms with E-state index in [-0.39, 0.29) is 10.8 Å². The van der Waals surface area contributed by atoms with E-state index < -0.39 is 28.4 Å². The molecule has 0 aliphatic heterocycles. The first kappa shape index (κ1) is 15.1. The lowest BCUT2D eigenvalue weighted by molar-refractivity contribution is -0.109. The second-order valence-corrected chi connectivity index (χ2v) is 3.58. The minimum atomic E-state index is -0.812. The van der Waals surface area contributed by atoms with E-state index in [1.165, 1.54) is 12.1 Å². The van der Waals surface area contributed by atoms with Gasteiger partial charge in [-0.15, -0.1) is 0 Å². The lowest BCUT2D eigenvalue weighted by atomic mass is 10.1. The van der Waals surface area contributed by atoms with Gasteiger partial charge < -0.3 is 20.4 Å². The first-order chi connectivity index (χ1) is 9.43. The summed E-state index contributed by atoms with van der Waals surface area (Å²) in [7, 11) is 0. The Hall–Kier alpha value is -3.00. The third kappa shape index (κ3) is 2.87. The minimum Gasteiger partial charge on any atom is -0.504 e. The maximum Gasteiger partial charge on any atom is 0.231 e. The monoisotopic (exact) mass is 280 g/mol. The number of phenols is 3. The number of fused-ring (bicyclic) bond motifs is 1. The van der Waals surface area contributed by atoms with Gasteiger partial charge in [0.2, 0.25) is 17.6 Å². The zero-order valence-corrected chi connectivity index (χ0v) is 10.1. The van der Waals surface area contributed by atoms with E-state index in [1.54, 1.807) is 5.43 Å². The van der Waals surface area contributed by atoms with Gasteiger partial charge in [-0.1, -0.05) is 12.1 Å². The predicted molar refractivity (Wildman–Crippen MR) is 70.3 cm³/mol. The van der Waals surface area contributed by atoms with Crippen molar-refractivity contribution in [3.63, 3.8) is 0 Å². The number of rotatable bonds is 1. The van der Waals surface area contributed by atoms with Gasteiger partial charge in [0.25, 0.3) is 0 Å². The first-order valence-corrected chi connectivity index (χ1v) is 5.23. The second kappa shape index (κ2) is 6.25. The fourth-order valence-corrected chi connectivity index (χ4v) is 1.48. The molecule has 2 rings (SSSR count). The Morgan fingerprint density at radius 1 is 1.05 bits per heavy atom. The van der Waals surface area contributed by atoms with Gasteiger partial charge in [0, 0.05) is 0 Å². The summed E-state index contributed by atoms with van der Waals surface area (Å²) in [6, 6.07) is 5.12. The summed E-state index contributed by atoms with van der Waals surface area (Å²) in [6.07, 6.45) is 0.403. The summed E-state index contributed by atoms with van der Waals surface area (Å²) in [5, 5.41) is 37.4. The van der Waals surface area contributed by atoms with E-state index in [0.29, 0.717) is 6.41 Å². The number of nitrogens with one attached hydrogen (secondary N) is 1. The molecule has 0 fully saturated rings. The highest BCUT2D eigenvalue weighted by Crippen LogP contribution is 2.39. The Balaban J connectivity index is 0.000000444. The van der Waals surface area contributed by atoms with E-state index in [9.17, 15) is 25.2 Å². The van der Waals surface area contributed by atoms with Gasteiger partial charge in [-0.3, -0.25) is 15.0 Å². The third-order valence-electron chi connectivity index (χ3n) is 2.34. The number of hydrogen-bond acceptors (Lipinski definition) is 7. The summed E-state index contributed by atoms with van der Waals surface area (Å²) in [4.78, 5) is 20.5. The highest BCUT2D eigenvalue weighted by Gasteiger charge is 2.14. The van der Waals surface area contributed by atoms with E-state index in [4.69, 9.17) is 4.79 Å². The average Bonchev–Trinajstić information content (AvgIpc) is 2.57. The van der Waals surface area contributed by atoms with Crippen LogP contribution in [0.25, 0.3) is 10.8 Å². The average molecular weight is 280 g/mol. The van der Waals surface area contributed by atoms with Gasteiger partial charge in [-0.2, -0.15) is 0 Å². The normalized spacial score (nSPS) is 9.45. The number of nitrogens with two attached hydrogens (primary N) is 1. The molecule has 7 N–H and O–H groups in total. The zero-order valence-electron chi connectivity index (χ0n) is 10.1. The minimum absolute atomic E-state index is 0.220. The van der Waals surface area contributed by atoms with Crippen LogP contribution in [0.15, 0.2) is 29.1 Å². The summed E-state index contributed by atoms with van der Waals surface area (Å²) < 4.78 is 0. The molecule has 0 bridgehead atoms. The predicted octanol–water partition coefficient (Wildman–Crippen LogP) is -0.371.